The summed E-state index contributed by atoms with van der Waals surface area (Å²) in [4.78, 5) is 16.5. The standard InChI is InChI=1S/C23H26N2O3S.CO2/c1-17(2)28-20-8-10-21(11-9-20)29(26,27)24-14-12-19(13-15-24)25-16-18(3)22-6-4-5-7-23(22)25;2-1-3/h4-12,16-17H,13-15H2,1-3H3;. The summed E-state index contributed by atoms with van der Waals surface area (Å²) in [6.07, 6.45) is 5.12. The lowest BCUT2D eigenvalue weighted by molar-refractivity contribution is -0.191. The Morgan fingerprint density at radius 2 is 1.69 bits per heavy atom. The second-order valence-corrected chi connectivity index (χ2v) is 9.67. The van der Waals surface area contributed by atoms with Crippen LogP contribution in [0.1, 0.15) is 25.8 Å². The molecule has 0 spiro atoms. The molecule has 7 nitrogen and oxygen atoms in total. The number of fused-ring (bicyclic) bond motifs is 1. The highest BCUT2D eigenvalue weighted by Crippen LogP contribution is 2.29. The smallest absolute Gasteiger partial charge is 0.373 e. The van der Waals surface area contributed by atoms with E-state index in [1.165, 1.54) is 15.3 Å². The van der Waals surface area contributed by atoms with Crippen LogP contribution in [-0.4, -0.2) is 42.6 Å². The lowest BCUT2D eigenvalue weighted by Crippen LogP contribution is -2.35. The van der Waals surface area contributed by atoms with Crippen molar-refractivity contribution >= 4 is 32.8 Å². The fourth-order valence-corrected chi connectivity index (χ4v) is 5.16. The number of hydrogen-bond acceptors (Lipinski definition) is 5. The van der Waals surface area contributed by atoms with Gasteiger partial charge < -0.3 is 9.30 Å². The van der Waals surface area contributed by atoms with E-state index in [0.717, 1.165) is 11.2 Å². The first-order valence-corrected chi connectivity index (χ1v) is 11.7. The van der Waals surface area contributed by atoms with E-state index in [4.69, 9.17) is 14.3 Å². The molecule has 8 heteroatoms. The van der Waals surface area contributed by atoms with Crippen LogP contribution in [0, 0.1) is 6.92 Å². The summed E-state index contributed by atoms with van der Waals surface area (Å²) < 4.78 is 35.4. The molecule has 0 amide bonds. The highest BCUT2D eigenvalue weighted by atomic mass is 32.2. The largest absolute Gasteiger partial charge is 0.491 e. The number of carbonyl (C=O) groups excluding carboxylic acids is 2. The Labute approximate surface area is 188 Å². The Kier molecular flexibility index (Phi) is 7.30. The zero-order valence-corrected chi connectivity index (χ0v) is 19.1. The molecule has 0 fully saturated rings. The van der Waals surface area contributed by atoms with Gasteiger partial charge in [-0.25, -0.2) is 8.42 Å². The van der Waals surface area contributed by atoms with Gasteiger partial charge in [-0.05, 0) is 62.7 Å². The molecule has 168 valence electrons. The zero-order valence-electron chi connectivity index (χ0n) is 18.3. The number of aryl methyl sites for hydroxylation is 1. The molecule has 0 atom stereocenters. The Morgan fingerprint density at radius 1 is 1.03 bits per heavy atom. The van der Waals surface area contributed by atoms with E-state index in [-0.39, 0.29) is 12.3 Å². The van der Waals surface area contributed by atoms with Gasteiger partial charge in [-0.2, -0.15) is 13.9 Å². The van der Waals surface area contributed by atoms with Crippen LogP contribution < -0.4 is 4.74 Å². The highest BCUT2D eigenvalue weighted by Gasteiger charge is 2.27. The minimum atomic E-state index is -3.53. The normalized spacial score (nSPS) is 14.4. The molecular weight excluding hydrogens is 428 g/mol. The number of aromatic nitrogens is 1. The van der Waals surface area contributed by atoms with Crippen LogP contribution in [-0.2, 0) is 19.6 Å². The van der Waals surface area contributed by atoms with Crippen molar-refractivity contribution in [2.24, 2.45) is 0 Å². The van der Waals surface area contributed by atoms with Gasteiger partial charge >= 0.3 is 6.15 Å². The molecule has 0 unspecified atom stereocenters. The van der Waals surface area contributed by atoms with Crippen molar-refractivity contribution in [1.82, 2.24) is 8.87 Å². The molecule has 0 saturated carbocycles. The Morgan fingerprint density at radius 3 is 2.28 bits per heavy atom. The van der Waals surface area contributed by atoms with Crippen LogP contribution >= 0.6 is 0 Å². The number of benzene rings is 2. The summed E-state index contributed by atoms with van der Waals surface area (Å²) in [5, 5.41) is 1.23. The fourth-order valence-electron chi connectivity index (χ4n) is 3.78. The third kappa shape index (κ3) is 4.99. The third-order valence-electron chi connectivity index (χ3n) is 5.20. The van der Waals surface area contributed by atoms with Gasteiger partial charge in [0.05, 0.1) is 16.5 Å². The Hall–Kier alpha value is -3.19. The first-order valence-electron chi connectivity index (χ1n) is 10.3. The number of hydrogen-bond donors (Lipinski definition) is 0. The van der Waals surface area contributed by atoms with Crippen molar-refractivity contribution in [3.05, 3.63) is 66.4 Å². The van der Waals surface area contributed by atoms with E-state index >= 15 is 0 Å². The summed E-state index contributed by atoms with van der Waals surface area (Å²) in [5.74, 6) is 0.676. The molecule has 0 bridgehead atoms. The Bertz CT molecular complexity index is 1250. The van der Waals surface area contributed by atoms with Crippen LogP contribution in [0.5, 0.6) is 5.75 Å². The van der Waals surface area contributed by atoms with Gasteiger partial charge in [0.2, 0.25) is 10.0 Å². The molecule has 4 rings (SSSR count). The molecule has 1 aliphatic heterocycles. The minimum Gasteiger partial charge on any atom is -0.491 e. The van der Waals surface area contributed by atoms with E-state index in [2.05, 4.69) is 29.8 Å². The number of nitrogens with zero attached hydrogens (tertiary/aromatic N) is 2. The summed E-state index contributed by atoms with van der Waals surface area (Å²) in [6, 6.07) is 15.0. The van der Waals surface area contributed by atoms with Crippen LogP contribution in [0.25, 0.3) is 16.6 Å². The summed E-state index contributed by atoms with van der Waals surface area (Å²) in [7, 11) is -3.53. The van der Waals surface area contributed by atoms with Crippen LogP contribution in [0.15, 0.2) is 65.7 Å². The molecule has 0 N–H and O–H groups in total. The van der Waals surface area contributed by atoms with Crippen LogP contribution in [0.2, 0.25) is 0 Å². The predicted octanol–water partition coefficient (Wildman–Crippen LogP) is 4.09. The molecular formula is C24H26N2O5S. The highest BCUT2D eigenvalue weighted by molar-refractivity contribution is 7.89. The summed E-state index contributed by atoms with van der Waals surface area (Å²) >= 11 is 0. The molecule has 3 aromatic rings. The maximum absolute atomic E-state index is 13.0. The first kappa shape index (κ1) is 23.5. The molecule has 0 saturated heterocycles. The van der Waals surface area contributed by atoms with Crippen LogP contribution in [0.3, 0.4) is 0 Å². The predicted molar refractivity (Wildman–Crippen MR) is 122 cm³/mol. The SMILES string of the molecule is Cc1cn(C2=CCN(S(=O)(=O)c3ccc(OC(C)C)cc3)CC2)c2ccccc12.O=C=O. The van der Waals surface area contributed by atoms with Gasteiger partial charge in [0, 0.05) is 36.8 Å². The van der Waals surface area contributed by atoms with Gasteiger partial charge in [0.1, 0.15) is 5.75 Å². The Balaban J connectivity index is 0.000000913. The first-order chi connectivity index (χ1) is 15.3. The second-order valence-electron chi connectivity index (χ2n) is 7.73. The quantitative estimate of drug-likeness (QED) is 0.580. The topological polar surface area (TPSA) is 85.7 Å². The third-order valence-corrected chi connectivity index (χ3v) is 7.08. The van der Waals surface area contributed by atoms with Gasteiger partial charge in [-0.1, -0.05) is 18.2 Å². The molecule has 2 heterocycles. The van der Waals surface area contributed by atoms with E-state index in [0.29, 0.717) is 30.2 Å². The van der Waals surface area contributed by atoms with Gasteiger partial charge in [-0.3, -0.25) is 0 Å². The number of sulfonamides is 1. The van der Waals surface area contributed by atoms with Gasteiger partial charge in [0.25, 0.3) is 0 Å². The molecule has 32 heavy (non-hydrogen) atoms. The lowest BCUT2D eigenvalue weighted by atomic mass is 10.2. The summed E-state index contributed by atoms with van der Waals surface area (Å²) in [5.41, 5.74) is 3.52. The zero-order chi connectivity index (χ0) is 23.3. The van der Waals surface area contributed by atoms with Crippen molar-refractivity contribution in [2.45, 2.75) is 38.2 Å². The van der Waals surface area contributed by atoms with E-state index in [1.807, 2.05) is 32.1 Å². The minimum absolute atomic E-state index is 0.0523. The average Bonchev–Trinajstić information content (AvgIpc) is 3.11. The second kappa shape index (κ2) is 9.96. The molecule has 2 aromatic carbocycles. The summed E-state index contributed by atoms with van der Waals surface area (Å²) in [6.45, 7) is 6.82. The van der Waals surface area contributed by atoms with Gasteiger partial charge in [-0.15, -0.1) is 0 Å². The van der Waals surface area contributed by atoms with E-state index in [1.54, 1.807) is 24.3 Å². The van der Waals surface area contributed by atoms with Crippen molar-refractivity contribution in [2.75, 3.05) is 13.1 Å². The maximum Gasteiger partial charge on any atom is 0.373 e. The van der Waals surface area contributed by atoms with Crippen molar-refractivity contribution in [3.63, 3.8) is 0 Å². The van der Waals surface area contributed by atoms with Crippen molar-refractivity contribution in [3.8, 4) is 5.75 Å². The monoisotopic (exact) mass is 454 g/mol. The number of ether oxygens (including phenoxy) is 1. The van der Waals surface area contributed by atoms with Crippen LogP contribution in [0.4, 0.5) is 0 Å². The van der Waals surface area contributed by atoms with Crippen molar-refractivity contribution < 1.29 is 22.7 Å². The molecule has 1 aromatic heterocycles. The van der Waals surface area contributed by atoms with Gasteiger partial charge in [0.15, 0.2) is 0 Å². The van der Waals surface area contributed by atoms with E-state index in [9.17, 15) is 8.42 Å². The van der Waals surface area contributed by atoms with Crippen molar-refractivity contribution in [1.29, 1.82) is 0 Å². The maximum atomic E-state index is 13.0. The lowest BCUT2D eigenvalue weighted by Gasteiger charge is -2.26. The number of rotatable bonds is 5. The molecule has 0 aliphatic carbocycles. The fraction of sp³-hybridized carbons (Fsp3) is 0.292. The average molecular weight is 455 g/mol. The number of para-hydroxylation sites is 1. The molecule has 0 radical (unpaired) electrons. The molecule has 1 aliphatic rings. The van der Waals surface area contributed by atoms with E-state index < -0.39 is 10.0 Å².